The van der Waals surface area contributed by atoms with Crippen molar-refractivity contribution in [1.29, 1.82) is 0 Å². The average molecular weight is 471 g/mol. The number of Topliss-reactive ketones (excluding diaryl/α,β-unsaturated/α-hetero) is 3. The van der Waals surface area contributed by atoms with Crippen molar-refractivity contribution < 1.29 is 29.7 Å². The Hall–Kier alpha value is -1.11. The lowest BCUT2D eigenvalue weighted by molar-refractivity contribution is -0.196. The van der Waals surface area contributed by atoms with E-state index in [9.17, 15) is 29.7 Å². The molecule has 3 N–H and O–H groups in total. The lowest BCUT2D eigenvalue weighted by Crippen LogP contribution is -2.70. The first-order valence-electron chi connectivity index (χ1n) is 13.4. The third kappa shape index (κ3) is 9.22. The number of aliphatic hydroxyl groups is 3. The maximum atomic E-state index is 13.5. The van der Waals surface area contributed by atoms with Gasteiger partial charge in [0.15, 0.2) is 23.0 Å². The van der Waals surface area contributed by atoms with E-state index in [1.54, 1.807) is 6.92 Å². The maximum Gasteiger partial charge on any atom is 0.219 e. The van der Waals surface area contributed by atoms with Gasteiger partial charge in [0.05, 0.1) is 6.61 Å². The first-order chi connectivity index (χ1) is 15.7. The van der Waals surface area contributed by atoms with Gasteiger partial charge in [0.1, 0.15) is 0 Å². The normalized spacial score (nSPS) is 16.1. The van der Waals surface area contributed by atoms with Gasteiger partial charge < -0.3 is 15.3 Å². The first kappa shape index (κ1) is 31.9. The number of hydrogen-bond donors (Lipinski definition) is 3. The molecule has 0 spiro atoms. The van der Waals surface area contributed by atoms with Gasteiger partial charge in [-0.25, -0.2) is 0 Å². The Morgan fingerprint density at radius 2 is 1.12 bits per heavy atom. The van der Waals surface area contributed by atoms with Crippen molar-refractivity contribution in [3.05, 3.63) is 0 Å². The number of hydrogen-bond acceptors (Lipinski definition) is 6. The number of ketones is 3. The third-order valence-corrected chi connectivity index (χ3v) is 6.83. The molecule has 0 rings (SSSR count). The Kier molecular flexibility index (Phi) is 16.8. The molecule has 3 unspecified atom stereocenters. The van der Waals surface area contributed by atoms with Crippen molar-refractivity contribution in [2.75, 3.05) is 6.61 Å². The summed E-state index contributed by atoms with van der Waals surface area (Å²) in [5.74, 6) is -3.17. The summed E-state index contributed by atoms with van der Waals surface area (Å²) >= 11 is 0. The Morgan fingerprint density at radius 1 is 0.667 bits per heavy atom. The molecule has 6 nitrogen and oxygen atoms in total. The second-order valence-corrected chi connectivity index (χ2v) is 9.52. The van der Waals surface area contributed by atoms with E-state index in [4.69, 9.17) is 0 Å². The van der Waals surface area contributed by atoms with Gasteiger partial charge in [0, 0.05) is 18.8 Å². The quantitative estimate of drug-likeness (QED) is 0.150. The number of unbranched alkanes of at least 4 members (excludes halogenated alkanes) is 9. The predicted molar refractivity (Wildman–Crippen MR) is 132 cm³/mol. The molecule has 0 amide bonds. The fourth-order valence-electron chi connectivity index (χ4n) is 4.41. The van der Waals surface area contributed by atoms with Crippen LogP contribution in [-0.2, 0) is 14.4 Å². The van der Waals surface area contributed by atoms with Gasteiger partial charge in [-0.05, 0) is 25.7 Å². The first-order valence-corrected chi connectivity index (χ1v) is 13.4. The van der Waals surface area contributed by atoms with E-state index in [2.05, 4.69) is 13.8 Å². The fourth-order valence-corrected chi connectivity index (χ4v) is 4.41. The number of carbonyl (C=O) groups is 3. The van der Waals surface area contributed by atoms with Crippen LogP contribution >= 0.6 is 0 Å². The molecular formula is C27H50O6. The molecule has 0 aliphatic heterocycles. The van der Waals surface area contributed by atoms with Crippen molar-refractivity contribution >= 4 is 17.3 Å². The van der Waals surface area contributed by atoms with Crippen LogP contribution in [0.4, 0.5) is 0 Å². The summed E-state index contributed by atoms with van der Waals surface area (Å²) in [6, 6.07) is 0. The molecule has 0 aromatic rings. The second kappa shape index (κ2) is 17.3. The standard InChI is InChI=1S/C27H50O6/c1-5-9-12-14-16-19-23(29)26(32,21-28)27(33,24(30)20-17-15-13-10-6-2)25(31)22(8-4)18-11-7-3/h22,28,32-33H,5-21H2,1-4H3. The number of carbonyl (C=O) groups excluding carboxylic acids is 3. The topological polar surface area (TPSA) is 112 Å². The molecule has 194 valence electrons. The summed E-state index contributed by atoms with van der Waals surface area (Å²) < 4.78 is 0. The zero-order valence-corrected chi connectivity index (χ0v) is 21.7. The molecular weight excluding hydrogens is 420 g/mol. The predicted octanol–water partition coefficient (Wildman–Crippen LogP) is 5.09. The minimum Gasteiger partial charge on any atom is -0.393 e. The molecule has 0 aliphatic carbocycles. The van der Waals surface area contributed by atoms with Crippen LogP contribution in [-0.4, -0.2) is 50.5 Å². The zero-order valence-electron chi connectivity index (χ0n) is 21.7. The molecule has 0 aliphatic rings. The van der Waals surface area contributed by atoms with Crippen LogP contribution < -0.4 is 0 Å². The maximum absolute atomic E-state index is 13.5. The Morgan fingerprint density at radius 3 is 1.55 bits per heavy atom. The number of aliphatic hydroxyl groups excluding tert-OH is 1. The second-order valence-electron chi connectivity index (χ2n) is 9.52. The molecule has 3 atom stereocenters. The summed E-state index contributed by atoms with van der Waals surface area (Å²) in [5.41, 5.74) is -5.73. The number of rotatable bonds is 22. The van der Waals surface area contributed by atoms with Crippen molar-refractivity contribution in [2.45, 2.75) is 142 Å². The molecule has 0 bridgehead atoms. The van der Waals surface area contributed by atoms with Crippen molar-refractivity contribution in [3.63, 3.8) is 0 Å². The van der Waals surface area contributed by atoms with Gasteiger partial charge in [-0.3, -0.25) is 14.4 Å². The van der Waals surface area contributed by atoms with Crippen LogP contribution in [0.15, 0.2) is 0 Å². The molecule has 0 saturated carbocycles. The smallest absolute Gasteiger partial charge is 0.219 e. The lowest BCUT2D eigenvalue weighted by atomic mass is 9.68. The minimum absolute atomic E-state index is 0.0914. The SMILES string of the molecule is CCCCCCCC(=O)C(O)(CO)C(O)(C(=O)CCCCCCC)C(=O)C(CC)CCCC. The van der Waals surface area contributed by atoms with Gasteiger partial charge in [-0.15, -0.1) is 0 Å². The highest BCUT2D eigenvalue weighted by Gasteiger charge is 2.63. The largest absolute Gasteiger partial charge is 0.393 e. The Balaban J connectivity index is 5.83. The molecule has 0 fully saturated rings. The van der Waals surface area contributed by atoms with Crippen LogP contribution in [0.2, 0.25) is 0 Å². The summed E-state index contributed by atoms with van der Waals surface area (Å²) in [5, 5.41) is 32.9. The van der Waals surface area contributed by atoms with Crippen molar-refractivity contribution in [2.24, 2.45) is 5.92 Å². The zero-order chi connectivity index (χ0) is 25.3. The van der Waals surface area contributed by atoms with Crippen LogP contribution in [0.3, 0.4) is 0 Å². The molecule has 0 aromatic carbocycles. The van der Waals surface area contributed by atoms with E-state index in [1.807, 2.05) is 6.92 Å². The Labute approximate surface area is 201 Å². The van der Waals surface area contributed by atoms with Crippen molar-refractivity contribution in [1.82, 2.24) is 0 Å². The van der Waals surface area contributed by atoms with Crippen LogP contribution in [0.5, 0.6) is 0 Å². The average Bonchev–Trinajstić information content (AvgIpc) is 2.82. The monoisotopic (exact) mass is 470 g/mol. The van der Waals surface area contributed by atoms with Gasteiger partial charge in [-0.2, -0.15) is 0 Å². The molecule has 6 heteroatoms. The van der Waals surface area contributed by atoms with Gasteiger partial charge >= 0.3 is 0 Å². The van der Waals surface area contributed by atoms with Gasteiger partial charge in [0.2, 0.25) is 5.60 Å². The van der Waals surface area contributed by atoms with Crippen LogP contribution in [0.25, 0.3) is 0 Å². The Bertz CT molecular complexity index is 575. The van der Waals surface area contributed by atoms with Crippen LogP contribution in [0.1, 0.15) is 130 Å². The molecule has 0 heterocycles. The van der Waals surface area contributed by atoms with Crippen molar-refractivity contribution in [3.8, 4) is 0 Å². The van der Waals surface area contributed by atoms with Gasteiger partial charge in [-0.1, -0.05) is 91.9 Å². The fraction of sp³-hybridized carbons (Fsp3) is 0.889. The molecule has 33 heavy (non-hydrogen) atoms. The van der Waals surface area contributed by atoms with E-state index < -0.39 is 41.1 Å². The highest BCUT2D eigenvalue weighted by atomic mass is 16.4. The third-order valence-electron chi connectivity index (χ3n) is 6.83. The van der Waals surface area contributed by atoms with E-state index in [1.165, 1.54) is 0 Å². The van der Waals surface area contributed by atoms with E-state index in [-0.39, 0.29) is 12.8 Å². The summed E-state index contributed by atoms with van der Waals surface area (Å²) in [4.78, 5) is 39.8. The molecule has 0 aromatic heterocycles. The molecule has 0 saturated heterocycles. The van der Waals surface area contributed by atoms with E-state index in [0.29, 0.717) is 25.7 Å². The summed E-state index contributed by atoms with van der Waals surface area (Å²) in [7, 11) is 0. The minimum atomic E-state index is -2.92. The highest BCUT2D eigenvalue weighted by Crippen LogP contribution is 2.34. The lowest BCUT2D eigenvalue weighted by Gasteiger charge is -2.40. The summed E-state index contributed by atoms with van der Waals surface area (Å²) in [6.45, 7) is 6.78. The van der Waals surface area contributed by atoms with E-state index >= 15 is 0 Å². The molecule has 0 radical (unpaired) electrons. The summed E-state index contributed by atoms with van der Waals surface area (Å²) in [6.07, 6.45) is 10.7. The van der Waals surface area contributed by atoms with E-state index in [0.717, 1.165) is 64.2 Å². The highest BCUT2D eigenvalue weighted by molar-refractivity contribution is 6.16. The van der Waals surface area contributed by atoms with Crippen LogP contribution in [0, 0.1) is 5.92 Å². The van der Waals surface area contributed by atoms with Gasteiger partial charge in [0.25, 0.3) is 0 Å².